The number of carboxylic acids is 1. The van der Waals surface area contributed by atoms with Gasteiger partial charge in [0.25, 0.3) is 0 Å². The van der Waals surface area contributed by atoms with Crippen LogP contribution in [0.3, 0.4) is 0 Å². The fourth-order valence-corrected chi connectivity index (χ4v) is 3.48. The molecule has 0 unspecified atom stereocenters. The average Bonchev–Trinajstić information content (AvgIpc) is 2.67. The predicted octanol–water partition coefficient (Wildman–Crippen LogP) is 3.28. The van der Waals surface area contributed by atoms with Crippen molar-refractivity contribution in [1.82, 2.24) is 4.90 Å². The van der Waals surface area contributed by atoms with E-state index in [9.17, 15) is 15.0 Å². The van der Waals surface area contributed by atoms with Gasteiger partial charge in [-0.25, -0.2) is 0 Å². The van der Waals surface area contributed by atoms with Crippen LogP contribution < -0.4 is 0 Å². The topological polar surface area (TPSA) is 60.8 Å². The summed E-state index contributed by atoms with van der Waals surface area (Å²) >= 11 is 0. The van der Waals surface area contributed by atoms with Crippen molar-refractivity contribution in [2.75, 3.05) is 19.6 Å². The van der Waals surface area contributed by atoms with Crippen LogP contribution in [0.25, 0.3) is 5.57 Å². The smallest absolute Gasteiger partial charge is 0.310 e. The molecule has 0 bridgehead atoms. The van der Waals surface area contributed by atoms with E-state index in [4.69, 9.17) is 0 Å². The number of rotatable bonds is 6. The molecule has 0 aliphatic carbocycles. The van der Waals surface area contributed by atoms with Crippen molar-refractivity contribution < 1.29 is 15.0 Å². The highest BCUT2D eigenvalue weighted by atomic mass is 16.4. The van der Waals surface area contributed by atoms with Gasteiger partial charge in [0.1, 0.15) is 0 Å². The normalized spacial score (nSPS) is 20.5. The molecule has 136 valence electrons. The summed E-state index contributed by atoms with van der Waals surface area (Å²) in [6.45, 7) is 1.95. The first-order chi connectivity index (χ1) is 12.6. The van der Waals surface area contributed by atoms with E-state index in [0.29, 0.717) is 13.0 Å². The number of aliphatic carboxylic acids is 1. The van der Waals surface area contributed by atoms with Gasteiger partial charge in [-0.3, -0.25) is 4.79 Å². The summed E-state index contributed by atoms with van der Waals surface area (Å²) in [6.07, 6.45) is 2.85. The summed E-state index contributed by atoms with van der Waals surface area (Å²) in [5.74, 6) is -1.59. The molecule has 4 nitrogen and oxygen atoms in total. The van der Waals surface area contributed by atoms with Gasteiger partial charge in [0.2, 0.25) is 0 Å². The Balaban J connectivity index is 1.71. The zero-order chi connectivity index (χ0) is 18.4. The molecule has 2 atom stereocenters. The van der Waals surface area contributed by atoms with Crippen molar-refractivity contribution in [2.24, 2.45) is 5.92 Å². The molecule has 4 heteroatoms. The molecule has 0 radical (unpaired) electrons. The van der Waals surface area contributed by atoms with Gasteiger partial charge in [0, 0.05) is 19.6 Å². The number of piperidine rings is 1. The number of hydrogen-bond acceptors (Lipinski definition) is 3. The standard InChI is InChI=1S/C22H25NO3/c24-21-13-15-23(16-20(21)22(25)26)14-7-12-19(17-8-3-1-4-9-17)18-10-5-2-6-11-18/h1-6,8-12,20-21,24H,7,13-16H2,(H,25,26)/t20-,21+/m0/s1. The van der Waals surface area contributed by atoms with Crippen molar-refractivity contribution in [3.8, 4) is 0 Å². The zero-order valence-corrected chi connectivity index (χ0v) is 14.8. The molecule has 0 amide bonds. The highest BCUT2D eigenvalue weighted by Crippen LogP contribution is 2.24. The first kappa shape index (κ1) is 18.4. The lowest BCUT2D eigenvalue weighted by molar-refractivity contribution is -0.148. The first-order valence-electron chi connectivity index (χ1n) is 9.09. The molecule has 1 saturated heterocycles. The molecule has 0 spiro atoms. The third-order valence-corrected chi connectivity index (χ3v) is 4.94. The summed E-state index contributed by atoms with van der Waals surface area (Å²) in [5.41, 5.74) is 3.55. The Labute approximate surface area is 154 Å². The van der Waals surface area contributed by atoms with Crippen LogP contribution in [0, 0.1) is 5.92 Å². The minimum absolute atomic E-state index is 0.413. The van der Waals surface area contributed by atoms with Crippen molar-refractivity contribution in [1.29, 1.82) is 0 Å². The molecule has 26 heavy (non-hydrogen) atoms. The summed E-state index contributed by atoms with van der Waals surface area (Å²) in [4.78, 5) is 13.4. The number of carbonyl (C=O) groups is 1. The van der Waals surface area contributed by atoms with E-state index >= 15 is 0 Å². The number of hydrogen-bond donors (Lipinski definition) is 2. The van der Waals surface area contributed by atoms with Crippen molar-refractivity contribution in [3.63, 3.8) is 0 Å². The summed E-state index contributed by atoms with van der Waals surface area (Å²) in [7, 11) is 0. The maximum Gasteiger partial charge on any atom is 0.310 e. The number of aliphatic hydroxyl groups excluding tert-OH is 1. The van der Waals surface area contributed by atoms with Gasteiger partial charge < -0.3 is 15.1 Å². The predicted molar refractivity (Wildman–Crippen MR) is 103 cm³/mol. The quantitative estimate of drug-likeness (QED) is 0.838. The van der Waals surface area contributed by atoms with Crippen LogP contribution in [0.1, 0.15) is 24.0 Å². The number of aliphatic hydroxyl groups is 1. The van der Waals surface area contributed by atoms with Gasteiger partial charge in [-0.15, -0.1) is 0 Å². The molecular formula is C22H25NO3. The largest absolute Gasteiger partial charge is 0.481 e. The highest BCUT2D eigenvalue weighted by molar-refractivity contribution is 5.79. The Morgan fingerprint density at radius 3 is 2.15 bits per heavy atom. The zero-order valence-electron chi connectivity index (χ0n) is 14.8. The van der Waals surface area contributed by atoms with Gasteiger partial charge >= 0.3 is 5.97 Å². The van der Waals surface area contributed by atoms with Crippen molar-refractivity contribution >= 4 is 11.5 Å². The van der Waals surface area contributed by atoms with Crippen molar-refractivity contribution in [2.45, 2.75) is 18.9 Å². The Bertz CT molecular complexity index is 701. The maximum absolute atomic E-state index is 11.3. The summed E-state index contributed by atoms with van der Waals surface area (Å²) < 4.78 is 0. The molecule has 2 N–H and O–H groups in total. The third kappa shape index (κ3) is 4.59. The molecule has 3 rings (SSSR count). The lowest BCUT2D eigenvalue weighted by Gasteiger charge is -2.33. The fraction of sp³-hybridized carbons (Fsp3) is 0.318. The van der Waals surface area contributed by atoms with Crippen LogP contribution in [0.2, 0.25) is 0 Å². The molecular weight excluding hydrogens is 326 g/mol. The van der Waals surface area contributed by atoms with Crippen LogP contribution >= 0.6 is 0 Å². The van der Waals surface area contributed by atoms with E-state index in [1.165, 1.54) is 16.7 Å². The van der Waals surface area contributed by atoms with Crippen LogP contribution in [0.15, 0.2) is 66.7 Å². The Morgan fingerprint density at radius 2 is 1.62 bits per heavy atom. The minimum Gasteiger partial charge on any atom is -0.481 e. The number of nitrogens with zero attached hydrogens (tertiary/aromatic N) is 1. The van der Waals surface area contributed by atoms with Crippen LogP contribution in [-0.4, -0.2) is 46.8 Å². The van der Waals surface area contributed by atoms with Crippen molar-refractivity contribution in [3.05, 3.63) is 77.9 Å². The Hall–Kier alpha value is -2.43. The fourth-order valence-electron chi connectivity index (χ4n) is 3.48. The maximum atomic E-state index is 11.3. The number of carboxylic acid groups (broad SMARTS) is 1. The molecule has 1 heterocycles. The minimum atomic E-state index is -0.910. The van der Waals surface area contributed by atoms with Gasteiger partial charge in [0.05, 0.1) is 12.0 Å². The highest BCUT2D eigenvalue weighted by Gasteiger charge is 2.32. The van der Waals surface area contributed by atoms with E-state index in [1.54, 1.807) is 0 Å². The Morgan fingerprint density at radius 1 is 1.04 bits per heavy atom. The molecule has 1 aliphatic heterocycles. The lowest BCUT2D eigenvalue weighted by Crippen LogP contribution is -2.46. The van der Waals surface area contributed by atoms with Gasteiger partial charge in [-0.1, -0.05) is 66.7 Å². The second-order valence-electron chi connectivity index (χ2n) is 6.74. The van der Waals surface area contributed by atoms with E-state index in [1.807, 2.05) is 36.4 Å². The molecule has 0 aromatic heterocycles. The van der Waals surface area contributed by atoms with Crippen LogP contribution in [0.5, 0.6) is 0 Å². The van der Waals surface area contributed by atoms with E-state index in [2.05, 4.69) is 35.2 Å². The SMILES string of the molecule is O=C(O)[C@H]1CN(CCC=C(c2ccccc2)c2ccccc2)CC[C@H]1O. The molecule has 2 aromatic carbocycles. The number of benzene rings is 2. The summed E-state index contributed by atoms with van der Waals surface area (Å²) in [6, 6.07) is 20.6. The molecule has 1 fully saturated rings. The second-order valence-corrected chi connectivity index (χ2v) is 6.74. The monoisotopic (exact) mass is 351 g/mol. The molecule has 2 aromatic rings. The van der Waals surface area contributed by atoms with Crippen LogP contribution in [0.4, 0.5) is 0 Å². The Kier molecular flexibility index (Phi) is 6.21. The lowest BCUT2D eigenvalue weighted by atomic mass is 9.94. The molecule has 1 aliphatic rings. The van der Waals surface area contributed by atoms with E-state index in [-0.39, 0.29) is 0 Å². The van der Waals surface area contributed by atoms with Gasteiger partial charge in [0.15, 0.2) is 0 Å². The van der Waals surface area contributed by atoms with Crippen LogP contribution in [-0.2, 0) is 4.79 Å². The first-order valence-corrected chi connectivity index (χ1v) is 9.09. The number of likely N-dealkylation sites (tertiary alicyclic amines) is 1. The third-order valence-electron chi connectivity index (χ3n) is 4.94. The van der Waals surface area contributed by atoms with E-state index in [0.717, 1.165) is 19.5 Å². The molecule has 0 saturated carbocycles. The second kappa shape index (κ2) is 8.79. The summed E-state index contributed by atoms with van der Waals surface area (Å²) in [5, 5.41) is 19.1. The average molecular weight is 351 g/mol. The van der Waals surface area contributed by atoms with Gasteiger partial charge in [-0.2, -0.15) is 0 Å². The van der Waals surface area contributed by atoms with E-state index < -0.39 is 18.0 Å². The van der Waals surface area contributed by atoms with Gasteiger partial charge in [-0.05, 0) is 29.5 Å².